The van der Waals surface area contributed by atoms with Crippen LogP contribution in [0.5, 0.6) is 5.75 Å². The maximum Gasteiger partial charge on any atom is 0.223 e. The zero-order chi connectivity index (χ0) is 16.1. The number of rotatable bonds is 6. The summed E-state index contributed by atoms with van der Waals surface area (Å²) in [6.07, 6.45) is 2.86. The second-order valence-electron chi connectivity index (χ2n) is 5.83. The molecule has 1 fully saturated rings. The monoisotopic (exact) mass is 348 g/mol. The molecular weight excluding hydrogens is 326 g/mol. The normalized spacial score (nSPS) is 21.4. The van der Waals surface area contributed by atoms with E-state index < -0.39 is 11.6 Å². The molecule has 1 saturated carbocycles. The number of amides is 1. The fourth-order valence-corrected chi connectivity index (χ4v) is 2.86. The number of nitrogens with two attached hydrogens (primary N) is 1. The van der Waals surface area contributed by atoms with Gasteiger partial charge in [-0.2, -0.15) is 0 Å². The van der Waals surface area contributed by atoms with E-state index >= 15 is 0 Å². The number of carbonyl (C=O) groups excluding carboxylic acids is 1. The zero-order valence-electron chi connectivity index (χ0n) is 13.1. The lowest BCUT2D eigenvalue weighted by Gasteiger charge is -2.21. The maximum absolute atomic E-state index is 13.4. The van der Waals surface area contributed by atoms with E-state index in [0.717, 1.165) is 31.4 Å². The molecule has 3 N–H and O–H groups in total. The summed E-state index contributed by atoms with van der Waals surface area (Å²) in [5, 5.41) is 2.87. The van der Waals surface area contributed by atoms with Crippen LogP contribution in [-0.2, 0) is 4.79 Å². The summed E-state index contributed by atoms with van der Waals surface area (Å²) in [6.45, 7) is 2.42. The number of hydrogen-bond acceptors (Lipinski definition) is 3. The topological polar surface area (TPSA) is 64.3 Å². The van der Waals surface area contributed by atoms with Crippen LogP contribution in [0.15, 0.2) is 18.2 Å². The molecule has 0 saturated heterocycles. The quantitative estimate of drug-likeness (QED) is 0.830. The Kier molecular flexibility index (Phi) is 7.72. The first-order valence-electron chi connectivity index (χ1n) is 7.59. The predicted molar refractivity (Wildman–Crippen MR) is 86.6 cm³/mol. The molecule has 130 valence electrons. The molecule has 7 heteroatoms. The molecular formula is C16H23ClF2N2O2. The van der Waals surface area contributed by atoms with Crippen molar-refractivity contribution in [3.8, 4) is 5.75 Å². The maximum atomic E-state index is 13.4. The molecule has 1 aromatic carbocycles. The highest BCUT2D eigenvalue weighted by Crippen LogP contribution is 2.31. The summed E-state index contributed by atoms with van der Waals surface area (Å²) in [5.74, 6) is -1.26. The van der Waals surface area contributed by atoms with Gasteiger partial charge in [-0.3, -0.25) is 4.79 Å². The minimum Gasteiger partial charge on any atom is -0.488 e. The average Bonchev–Trinajstić information content (AvgIpc) is 2.94. The summed E-state index contributed by atoms with van der Waals surface area (Å²) in [4.78, 5) is 12.2. The van der Waals surface area contributed by atoms with Crippen LogP contribution in [0, 0.1) is 23.5 Å². The summed E-state index contributed by atoms with van der Waals surface area (Å²) in [7, 11) is 0. The van der Waals surface area contributed by atoms with Gasteiger partial charge >= 0.3 is 0 Å². The van der Waals surface area contributed by atoms with Gasteiger partial charge in [-0.25, -0.2) is 8.78 Å². The molecule has 0 spiro atoms. The Balaban J connectivity index is 0.00000264. The van der Waals surface area contributed by atoms with Gasteiger partial charge in [0.05, 0.1) is 6.04 Å². The Bertz CT molecular complexity index is 531. The van der Waals surface area contributed by atoms with Crippen molar-refractivity contribution in [2.75, 3.05) is 13.2 Å². The van der Waals surface area contributed by atoms with Crippen molar-refractivity contribution in [2.24, 2.45) is 17.6 Å². The predicted octanol–water partition coefficient (Wildman–Crippen LogP) is 2.65. The van der Waals surface area contributed by atoms with Gasteiger partial charge in [-0.15, -0.1) is 12.4 Å². The Morgan fingerprint density at radius 2 is 2.17 bits per heavy atom. The van der Waals surface area contributed by atoms with Crippen molar-refractivity contribution in [3.63, 3.8) is 0 Å². The summed E-state index contributed by atoms with van der Waals surface area (Å²) >= 11 is 0. The molecule has 3 atom stereocenters. The standard InChI is InChI=1S/C16H22F2N2O2.ClH/c1-10(9-22-15-6-5-12(17)7-14(15)18)20-16(21)13-4-2-3-11(13)8-19;/h5-7,10-11,13H,2-4,8-9,19H2,1H3,(H,20,21);1H/t10?,11-,13-;/m1./s1. The van der Waals surface area contributed by atoms with Crippen LogP contribution < -0.4 is 15.8 Å². The molecule has 0 bridgehead atoms. The first-order valence-corrected chi connectivity index (χ1v) is 7.59. The molecule has 4 nitrogen and oxygen atoms in total. The van der Waals surface area contributed by atoms with E-state index in [0.29, 0.717) is 6.54 Å². The van der Waals surface area contributed by atoms with Crippen LogP contribution in [0.1, 0.15) is 26.2 Å². The largest absolute Gasteiger partial charge is 0.488 e. The lowest BCUT2D eigenvalue weighted by molar-refractivity contribution is -0.126. The molecule has 0 aliphatic heterocycles. The van der Waals surface area contributed by atoms with Crippen molar-refractivity contribution >= 4 is 18.3 Å². The smallest absolute Gasteiger partial charge is 0.223 e. The van der Waals surface area contributed by atoms with Crippen molar-refractivity contribution in [3.05, 3.63) is 29.8 Å². The van der Waals surface area contributed by atoms with Crippen LogP contribution in [0.2, 0.25) is 0 Å². The molecule has 0 aromatic heterocycles. The van der Waals surface area contributed by atoms with Crippen LogP contribution in [0.4, 0.5) is 8.78 Å². The molecule has 1 aromatic rings. The first-order chi connectivity index (χ1) is 10.5. The van der Waals surface area contributed by atoms with E-state index in [1.54, 1.807) is 6.92 Å². The van der Waals surface area contributed by atoms with E-state index in [4.69, 9.17) is 10.5 Å². The van der Waals surface area contributed by atoms with E-state index in [1.165, 1.54) is 6.07 Å². The average molecular weight is 349 g/mol. The third-order valence-electron chi connectivity index (χ3n) is 4.07. The molecule has 2 rings (SSSR count). The van der Waals surface area contributed by atoms with Crippen molar-refractivity contribution in [1.29, 1.82) is 0 Å². The Labute approximate surface area is 141 Å². The van der Waals surface area contributed by atoms with Crippen LogP contribution in [0.25, 0.3) is 0 Å². The molecule has 0 radical (unpaired) electrons. The number of benzene rings is 1. The Hall–Kier alpha value is -1.40. The molecule has 1 amide bonds. The number of carbonyl (C=O) groups is 1. The summed E-state index contributed by atoms with van der Waals surface area (Å²) in [5.41, 5.74) is 5.68. The second-order valence-corrected chi connectivity index (χ2v) is 5.83. The zero-order valence-corrected chi connectivity index (χ0v) is 13.9. The molecule has 1 aliphatic carbocycles. The van der Waals surface area contributed by atoms with E-state index in [1.807, 2.05) is 0 Å². The fraction of sp³-hybridized carbons (Fsp3) is 0.562. The molecule has 23 heavy (non-hydrogen) atoms. The summed E-state index contributed by atoms with van der Waals surface area (Å²) in [6, 6.07) is 2.87. The van der Waals surface area contributed by atoms with Gasteiger partial charge < -0.3 is 15.8 Å². The van der Waals surface area contributed by atoms with E-state index in [-0.39, 0.29) is 48.5 Å². The Morgan fingerprint density at radius 3 is 2.83 bits per heavy atom. The van der Waals surface area contributed by atoms with Gasteiger partial charge in [0.15, 0.2) is 11.6 Å². The lowest BCUT2D eigenvalue weighted by atomic mass is 9.95. The van der Waals surface area contributed by atoms with Crippen LogP contribution in [-0.4, -0.2) is 25.1 Å². The first kappa shape index (κ1) is 19.6. The second kappa shape index (κ2) is 9.03. The van der Waals surface area contributed by atoms with Gasteiger partial charge in [0, 0.05) is 12.0 Å². The number of halogens is 3. The van der Waals surface area contributed by atoms with Gasteiger partial charge in [0.1, 0.15) is 12.4 Å². The van der Waals surface area contributed by atoms with Gasteiger partial charge in [0.25, 0.3) is 0 Å². The molecule has 1 unspecified atom stereocenters. The van der Waals surface area contributed by atoms with E-state index in [2.05, 4.69) is 5.32 Å². The number of hydrogen-bond donors (Lipinski definition) is 2. The van der Waals surface area contributed by atoms with Crippen molar-refractivity contribution in [2.45, 2.75) is 32.2 Å². The highest BCUT2D eigenvalue weighted by Gasteiger charge is 2.32. The number of nitrogens with one attached hydrogen (secondary N) is 1. The third kappa shape index (κ3) is 5.32. The van der Waals surface area contributed by atoms with Gasteiger partial charge in [-0.1, -0.05) is 6.42 Å². The number of ether oxygens (including phenoxy) is 1. The van der Waals surface area contributed by atoms with Crippen molar-refractivity contribution in [1.82, 2.24) is 5.32 Å². The summed E-state index contributed by atoms with van der Waals surface area (Å²) < 4.78 is 31.5. The van der Waals surface area contributed by atoms with Gasteiger partial charge in [0.2, 0.25) is 5.91 Å². The molecule has 0 heterocycles. The highest BCUT2D eigenvalue weighted by molar-refractivity contribution is 5.85. The van der Waals surface area contributed by atoms with Crippen LogP contribution in [0.3, 0.4) is 0 Å². The van der Waals surface area contributed by atoms with Crippen molar-refractivity contribution < 1.29 is 18.3 Å². The fourth-order valence-electron chi connectivity index (χ4n) is 2.86. The highest BCUT2D eigenvalue weighted by atomic mass is 35.5. The van der Waals surface area contributed by atoms with Gasteiger partial charge in [-0.05, 0) is 44.4 Å². The lowest BCUT2D eigenvalue weighted by Crippen LogP contribution is -2.42. The minimum absolute atomic E-state index is 0. The molecule has 1 aliphatic rings. The Morgan fingerprint density at radius 1 is 1.43 bits per heavy atom. The SMILES string of the molecule is CC(COc1ccc(F)cc1F)NC(=O)[C@@H]1CCC[C@@H]1CN.Cl. The third-order valence-corrected chi connectivity index (χ3v) is 4.07. The van der Waals surface area contributed by atoms with Crippen LogP contribution >= 0.6 is 12.4 Å². The van der Waals surface area contributed by atoms with E-state index in [9.17, 15) is 13.6 Å². The minimum atomic E-state index is -0.752.